The van der Waals surface area contributed by atoms with Crippen LogP contribution in [0.4, 0.5) is 11.4 Å². The van der Waals surface area contributed by atoms with Gasteiger partial charge >= 0.3 is 5.69 Å². The van der Waals surface area contributed by atoms with Gasteiger partial charge in [-0.25, -0.2) is 4.79 Å². The van der Waals surface area contributed by atoms with Gasteiger partial charge in [-0.1, -0.05) is 12.1 Å². The van der Waals surface area contributed by atoms with Crippen molar-refractivity contribution in [1.82, 2.24) is 9.13 Å². The molecule has 0 spiro atoms. The zero-order valence-electron chi connectivity index (χ0n) is 14.5. The van der Waals surface area contributed by atoms with Gasteiger partial charge in [0.1, 0.15) is 0 Å². The molecule has 0 bridgehead atoms. The number of anilines is 2. The number of nitrogens with zero attached hydrogens (tertiary/aromatic N) is 3. The van der Waals surface area contributed by atoms with Gasteiger partial charge in [0.25, 0.3) is 5.91 Å². The lowest BCUT2D eigenvalue weighted by molar-refractivity contribution is 0.102. The van der Waals surface area contributed by atoms with Crippen molar-refractivity contribution in [3.05, 3.63) is 56.0 Å². The number of hydrogen-bond acceptors (Lipinski definition) is 3. The molecule has 0 saturated heterocycles. The molecule has 1 aromatic heterocycles. The molecule has 0 aliphatic carbocycles. The topological polar surface area (TPSA) is 59.3 Å². The van der Waals surface area contributed by atoms with Crippen molar-refractivity contribution in [3.63, 3.8) is 0 Å². The van der Waals surface area contributed by atoms with Crippen LogP contribution in [0.2, 0.25) is 0 Å². The maximum absolute atomic E-state index is 12.7. The molecule has 0 fully saturated rings. The molecule has 7 heteroatoms. The summed E-state index contributed by atoms with van der Waals surface area (Å²) in [5, 5.41) is 2.99. The van der Waals surface area contributed by atoms with Crippen LogP contribution in [0.1, 0.15) is 10.4 Å². The predicted molar refractivity (Wildman–Crippen MR) is 110 cm³/mol. The summed E-state index contributed by atoms with van der Waals surface area (Å²) >= 11 is 2.15. The van der Waals surface area contributed by atoms with Crippen LogP contribution in [0.15, 0.2) is 41.2 Å². The third-order valence-corrected chi connectivity index (χ3v) is 5.18. The minimum atomic E-state index is -0.173. The van der Waals surface area contributed by atoms with E-state index in [4.69, 9.17) is 0 Å². The number of fused-ring (bicyclic) bond motifs is 1. The Bertz CT molecular complexity index is 1030. The summed E-state index contributed by atoms with van der Waals surface area (Å²) in [5.41, 5.74) is 3.63. The molecular weight excluding hydrogens is 431 g/mol. The number of carbonyl (C=O) groups excluding carboxylic acids is 1. The van der Waals surface area contributed by atoms with E-state index in [9.17, 15) is 9.59 Å². The molecule has 3 aromatic rings. The zero-order valence-corrected chi connectivity index (χ0v) is 16.7. The summed E-state index contributed by atoms with van der Waals surface area (Å²) in [6.45, 7) is 0. The average Bonchev–Trinajstić information content (AvgIpc) is 2.78. The van der Waals surface area contributed by atoms with Crippen molar-refractivity contribution >= 4 is 50.9 Å². The number of imidazole rings is 1. The average molecular weight is 450 g/mol. The lowest BCUT2D eigenvalue weighted by Gasteiger charge is -2.19. The Morgan fingerprint density at radius 3 is 2.28 bits per heavy atom. The number of benzene rings is 2. The van der Waals surface area contributed by atoms with Crippen molar-refractivity contribution in [2.45, 2.75) is 0 Å². The van der Waals surface area contributed by atoms with Gasteiger partial charge < -0.3 is 10.2 Å². The minimum Gasteiger partial charge on any atom is -0.376 e. The largest absolute Gasteiger partial charge is 0.376 e. The van der Waals surface area contributed by atoms with Gasteiger partial charge in [0.15, 0.2) is 0 Å². The molecule has 130 valence electrons. The second-order valence-electron chi connectivity index (χ2n) is 6.09. The van der Waals surface area contributed by atoms with Crippen LogP contribution in [0.3, 0.4) is 0 Å². The van der Waals surface area contributed by atoms with Crippen LogP contribution in [-0.4, -0.2) is 29.1 Å². The number of aryl methyl sites for hydroxylation is 2. The molecule has 1 heterocycles. The number of hydrogen-bond donors (Lipinski definition) is 1. The molecule has 0 aliphatic rings. The lowest BCUT2D eigenvalue weighted by Crippen LogP contribution is -2.19. The normalized spacial score (nSPS) is 10.9. The standard InChI is InChI=1S/C18H19IN4O2/c1-21(2)14-10-16-15(22(3)18(25)23(16)4)9-13(14)20-17(24)11-7-5-6-8-12(11)19/h5-10H,1-4H3,(H,20,24). The van der Waals surface area contributed by atoms with Crippen molar-refractivity contribution in [2.24, 2.45) is 14.1 Å². The fraction of sp³-hybridized carbons (Fsp3) is 0.222. The molecule has 0 saturated carbocycles. The molecule has 0 unspecified atom stereocenters. The Labute approximate surface area is 159 Å². The first-order chi connectivity index (χ1) is 11.8. The second-order valence-corrected chi connectivity index (χ2v) is 7.25. The van der Waals surface area contributed by atoms with Crippen LogP contribution >= 0.6 is 22.6 Å². The summed E-state index contributed by atoms with van der Waals surface area (Å²) < 4.78 is 4.07. The molecular formula is C18H19IN4O2. The number of aromatic nitrogens is 2. The highest BCUT2D eigenvalue weighted by Crippen LogP contribution is 2.30. The van der Waals surface area contributed by atoms with Gasteiger partial charge in [-0.05, 0) is 46.9 Å². The molecule has 2 aromatic carbocycles. The summed E-state index contributed by atoms with van der Waals surface area (Å²) in [4.78, 5) is 26.8. The maximum atomic E-state index is 12.7. The van der Waals surface area contributed by atoms with Gasteiger partial charge in [0.05, 0.1) is 28.0 Å². The van der Waals surface area contributed by atoms with Crippen molar-refractivity contribution in [1.29, 1.82) is 0 Å². The van der Waals surface area contributed by atoms with Gasteiger partial charge in [0.2, 0.25) is 0 Å². The van der Waals surface area contributed by atoms with Crippen LogP contribution in [-0.2, 0) is 14.1 Å². The fourth-order valence-corrected chi connectivity index (χ4v) is 3.47. The zero-order chi connectivity index (χ0) is 18.3. The lowest BCUT2D eigenvalue weighted by atomic mass is 10.1. The maximum Gasteiger partial charge on any atom is 0.328 e. The predicted octanol–water partition coefficient (Wildman–Crippen LogP) is 2.80. The first kappa shape index (κ1) is 17.5. The Balaban J connectivity index is 2.13. The van der Waals surface area contributed by atoms with E-state index in [0.29, 0.717) is 11.3 Å². The highest BCUT2D eigenvalue weighted by molar-refractivity contribution is 14.1. The Kier molecular flexibility index (Phi) is 4.59. The molecule has 0 radical (unpaired) electrons. The Morgan fingerprint density at radius 2 is 1.68 bits per heavy atom. The summed E-state index contributed by atoms with van der Waals surface area (Å²) in [7, 11) is 7.29. The molecule has 6 nitrogen and oxygen atoms in total. The highest BCUT2D eigenvalue weighted by atomic mass is 127. The first-order valence-electron chi connectivity index (χ1n) is 7.74. The monoisotopic (exact) mass is 450 g/mol. The van der Waals surface area contributed by atoms with Gasteiger partial charge in [0, 0.05) is 31.8 Å². The van der Waals surface area contributed by atoms with E-state index in [1.54, 1.807) is 29.3 Å². The molecule has 25 heavy (non-hydrogen) atoms. The fourth-order valence-electron chi connectivity index (χ4n) is 2.84. The molecule has 0 aliphatic heterocycles. The van der Waals surface area contributed by atoms with Crippen LogP contribution < -0.4 is 15.9 Å². The summed E-state index contributed by atoms with van der Waals surface area (Å²) in [6, 6.07) is 11.2. The third-order valence-electron chi connectivity index (χ3n) is 4.24. The van der Waals surface area contributed by atoms with E-state index in [1.807, 2.05) is 49.3 Å². The van der Waals surface area contributed by atoms with Gasteiger partial charge in [-0.15, -0.1) is 0 Å². The summed E-state index contributed by atoms with van der Waals surface area (Å²) in [5.74, 6) is -0.173. The van der Waals surface area contributed by atoms with E-state index in [2.05, 4.69) is 27.9 Å². The smallest absolute Gasteiger partial charge is 0.328 e. The van der Waals surface area contributed by atoms with Crippen molar-refractivity contribution < 1.29 is 4.79 Å². The number of nitrogens with one attached hydrogen (secondary N) is 1. The first-order valence-corrected chi connectivity index (χ1v) is 8.81. The van der Waals surface area contributed by atoms with E-state index in [0.717, 1.165) is 20.3 Å². The van der Waals surface area contributed by atoms with Crippen LogP contribution in [0, 0.1) is 3.57 Å². The quantitative estimate of drug-likeness (QED) is 0.625. The summed E-state index contributed by atoms with van der Waals surface area (Å²) in [6.07, 6.45) is 0. The van der Waals surface area contributed by atoms with Gasteiger partial charge in [-0.3, -0.25) is 13.9 Å². The van der Waals surface area contributed by atoms with E-state index in [-0.39, 0.29) is 11.6 Å². The Morgan fingerprint density at radius 1 is 1.08 bits per heavy atom. The molecule has 1 N–H and O–H groups in total. The van der Waals surface area contributed by atoms with Crippen molar-refractivity contribution in [3.8, 4) is 0 Å². The molecule has 0 atom stereocenters. The highest BCUT2D eigenvalue weighted by Gasteiger charge is 2.17. The number of halogens is 1. The molecule has 1 amide bonds. The second kappa shape index (κ2) is 6.55. The third kappa shape index (κ3) is 3.04. The van der Waals surface area contributed by atoms with Crippen LogP contribution in [0.5, 0.6) is 0 Å². The van der Waals surface area contributed by atoms with Crippen molar-refractivity contribution in [2.75, 3.05) is 24.3 Å². The van der Waals surface area contributed by atoms with Gasteiger partial charge in [-0.2, -0.15) is 0 Å². The van der Waals surface area contributed by atoms with Crippen LogP contribution in [0.25, 0.3) is 11.0 Å². The van der Waals surface area contributed by atoms with E-state index >= 15 is 0 Å². The van der Waals surface area contributed by atoms with E-state index in [1.165, 1.54) is 0 Å². The van der Waals surface area contributed by atoms with E-state index < -0.39 is 0 Å². The Hall–Kier alpha value is -2.29. The minimum absolute atomic E-state index is 0.0965. The SMILES string of the molecule is CN(C)c1cc2c(cc1NC(=O)c1ccccc1I)n(C)c(=O)n2C. The number of carbonyl (C=O) groups is 1. The number of rotatable bonds is 3. The number of amides is 1. The molecule has 3 rings (SSSR count).